The lowest BCUT2D eigenvalue weighted by molar-refractivity contribution is -0.121. The maximum atomic E-state index is 12.9. The van der Waals surface area contributed by atoms with Crippen molar-refractivity contribution in [3.05, 3.63) is 54.6 Å². The fraction of sp³-hybridized carbons (Fsp3) is 0.300. The normalized spacial score (nSPS) is 11.6. The number of carbonyl (C=O) groups excluding carboxylic acids is 1. The van der Waals surface area contributed by atoms with E-state index in [0.717, 1.165) is 5.56 Å². The molecule has 0 aliphatic rings. The number of hydrogen-bond donors (Lipinski definition) is 2. The van der Waals surface area contributed by atoms with Gasteiger partial charge in [0.2, 0.25) is 5.82 Å². The van der Waals surface area contributed by atoms with E-state index >= 15 is 0 Å². The van der Waals surface area contributed by atoms with Crippen molar-refractivity contribution in [1.82, 2.24) is 20.2 Å². The van der Waals surface area contributed by atoms with Gasteiger partial charge in [-0.05, 0) is 35.4 Å². The molecule has 0 spiro atoms. The number of anilines is 1. The third kappa shape index (κ3) is 5.75. The molecule has 0 saturated carbocycles. The topological polar surface area (TPSA) is 108 Å². The summed E-state index contributed by atoms with van der Waals surface area (Å²) < 4.78 is 5.44. The van der Waals surface area contributed by atoms with Gasteiger partial charge in [0.15, 0.2) is 6.04 Å². The van der Waals surface area contributed by atoms with Gasteiger partial charge in [-0.2, -0.15) is 4.80 Å². The van der Waals surface area contributed by atoms with Crippen LogP contribution in [0.15, 0.2) is 54.6 Å². The average Bonchev–Trinajstić information content (AvgIpc) is 3.17. The van der Waals surface area contributed by atoms with Crippen LogP contribution in [0.25, 0.3) is 11.4 Å². The van der Waals surface area contributed by atoms with Gasteiger partial charge in [-0.15, -0.1) is 22.6 Å². The highest BCUT2D eigenvalue weighted by molar-refractivity contribution is 5.93. The van der Waals surface area contributed by atoms with Crippen LogP contribution in [-0.2, 0) is 4.79 Å². The lowest BCUT2D eigenvalue weighted by Gasteiger charge is -2.19. The summed E-state index contributed by atoms with van der Waals surface area (Å²) >= 11 is 0. The molecule has 0 aliphatic heterocycles. The molecule has 29 heavy (non-hydrogen) atoms. The molecular weight excluding hydrogens is 392 g/mol. The van der Waals surface area contributed by atoms with Gasteiger partial charge in [0, 0.05) is 17.8 Å². The Balaban J connectivity index is 0.00000300. The fourth-order valence-corrected chi connectivity index (χ4v) is 2.75. The molecule has 1 atom stereocenters. The minimum absolute atomic E-state index is 0. The molecule has 3 aromatic rings. The van der Waals surface area contributed by atoms with E-state index in [2.05, 4.69) is 20.7 Å². The summed E-state index contributed by atoms with van der Waals surface area (Å²) in [5.41, 5.74) is 6.94. The SMILES string of the molecule is CC(C)C(C(=O)Nc1ccc(OCCN)cc1)n1nnc(-c2ccccc2)n1.Cl. The van der Waals surface area contributed by atoms with Crippen LogP contribution in [0.2, 0.25) is 0 Å². The second-order valence-corrected chi connectivity index (χ2v) is 6.64. The molecule has 9 heteroatoms. The summed E-state index contributed by atoms with van der Waals surface area (Å²) in [6.07, 6.45) is 0. The molecule has 1 unspecified atom stereocenters. The van der Waals surface area contributed by atoms with Crippen LogP contribution >= 0.6 is 12.4 Å². The number of nitrogens with one attached hydrogen (secondary N) is 1. The highest BCUT2D eigenvalue weighted by Gasteiger charge is 2.27. The van der Waals surface area contributed by atoms with Crippen LogP contribution in [0.5, 0.6) is 5.75 Å². The second-order valence-electron chi connectivity index (χ2n) is 6.64. The Morgan fingerprint density at radius 3 is 2.45 bits per heavy atom. The Labute approximate surface area is 175 Å². The number of hydrogen-bond acceptors (Lipinski definition) is 6. The second kappa shape index (κ2) is 10.5. The molecule has 1 aromatic heterocycles. The van der Waals surface area contributed by atoms with E-state index in [0.29, 0.717) is 30.4 Å². The van der Waals surface area contributed by atoms with E-state index in [1.54, 1.807) is 24.3 Å². The first kappa shape index (κ1) is 22.3. The van der Waals surface area contributed by atoms with Crippen LogP contribution in [0, 0.1) is 5.92 Å². The van der Waals surface area contributed by atoms with Crippen molar-refractivity contribution in [2.24, 2.45) is 11.7 Å². The predicted octanol–water partition coefficient (Wildman–Crippen LogP) is 2.94. The van der Waals surface area contributed by atoms with Crippen molar-refractivity contribution in [1.29, 1.82) is 0 Å². The van der Waals surface area contributed by atoms with Crippen LogP contribution in [0.3, 0.4) is 0 Å². The van der Waals surface area contributed by atoms with Crippen LogP contribution in [-0.4, -0.2) is 39.3 Å². The first-order valence-electron chi connectivity index (χ1n) is 9.17. The van der Waals surface area contributed by atoms with Gasteiger partial charge in [-0.3, -0.25) is 4.79 Å². The monoisotopic (exact) mass is 416 g/mol. The zero-order valence-corrected chi connectivity index (χ0v) is 17.2. The lowest BCUT2D eigenvalue weighted by atomic mass is 10.0. The average molecular weight is 417 g/mol. The molecule has 1 amide bonds. The zero-order valence-electron chi connectivity index (χ0n) is 16.4. The first-order chi connectivity index (χ1) is 13.6. The molecule has 8 nitrogen and oxygen atoms in total. The molecule has 1 heterocycles. The van der Waals surface area contributed by atoms with Crippen molar-refractivity contribution < 1.29 is 9.53 Å². The molecule has 0 radical (unpaired) electrons. The van der Waals surface area contributed by atoms with E-state index in [1.807, 2.05) is 44.2 Å². The van der Waals surface area contributed by atoms with Gasteiger partial charge in [0.25, 0.3) is 5.91 Å². The number of benzene rings is 2. The van der Waals surface area contributed by atoms with Gasteiger partial charge in [0.05, 0.1) is 0 Å². The predicted molar refractivity (Wildman–Crippen MR) is 114 cm³/mol. The molecule has 0 saturated heterocycles. The highest BCUT2D eigenvalue weighted by atomic mass is 35.5. The molecule has 0 bridgehead atoms. The Hall–Kier alpha value is -2.97. The number of tetrazole rings is 1. The summed E-state index contributed by atoms with van der Waals surface area (Å²) in [5, 5.41) is 15.5. The van der Waals surface area contributed by atoms with E-state index < -0.39 is 6.04 Å². The van der Waals surface area contributed by atoms with Crippen molar-refractivity contribution in [2.75, 3.05) is 18.5 Å². The fourth-order valence-electron chi connectivity index (χ4n) is 2.75. The molecule has 154 valence electrons. The van der Waals surface area contributed by atoms with Gasteiger partial charge < -0.3 is 15.8 Å². The van der Waals surface area contributed by atoms with Crippen molar-refractivity contribution in [2.45, 2.75) is 19.9 Å². The largest absolute Gasteiger partial charge is 0.492 e. The Morgan fingerprint density at radius 1 is 1.14 bits per heavy atom. The Kier molecular flexibility index (Phi) is 8.11. The van der Waals surface area contributed by atoms with E-state index in [4.69, 9.17) is 10.5 Å². The number of nitrogens with two attached hydrogens (primary N) is 1. The molecular formula is C20H25ClN6O2. The molecule has 3 N–H and O–H groups in total. The number of carbonyl (C=O) groups is 1. The summed E-state index contributed by atoms with van der Waals surface area (Å²) in [6.45, 7) is 4.78. The van der Waals surface area contributed by atoms with Crippen LogP contribution in [0.1, 0.15) is 19.9 Å². The van der Waals surface area contributed by atoms with Crippen molar-refractivity contribution in [3.63, 3.8) is 0 Å². The quantitative estimate of drug-likeness (QED) is 0.584. The van der Waals surface area contributed by atoms with Crippen LogP contribution < -0.4 is 15.8 Å². The first-order valence-corrected chi connectivity index (χ1v) is 9.17. The van der Waals surface area contributed by atoms with E-state index in [-0.39, 0.29) is 24.2 Å². The molecule has 0 fully saturated rings. The Morgan fingerprint density at radius 2 is 1.83 bits per heavy atom. The minimum atomic E-state index is -0.585. The lowest BCUT2D eigenvalue weighted by Crippen LogP contribution is -2.31. The summed E-state index contributed by atoms with van der Waals surface area (Å²) in [4.78, 5) is 14.2. The third-order valence-electron chi connectivity index (χ3n) is 4.12. The minimum Gasteiger partial charge on any atom is -0.492 e. The van der Waals surface area contributed by atoms with Crippen molar-refractivity contribution in [3.8, 4) is 17.1 Å². The number of rotatable bonds is 8. The summed E-state index contributed by atoms with van der Waals surface area (Å²) in [7, 11) is 0. The third-order valence-corrected chi connectivity index (χ3v) is 4.12. The van der Waals surface area contributed by atoms with Gasteiger partial charge >= 0.3 is 0 Å². The standard InChI is InChI=1S/C20H24N6O2.ClH/c1-14(2)18(26-24-19(23-25-26)15-6-4-3-5-7-15)20(27)22-16-8-10-17(11-9-16)28-13-12-21;/h3-11,14,18H,12-13,21H2,1-2H3,(H,22,27);1H. The highest BCUT2D eigenvalue weighted by Crippen LogP contribution is 2.22. The maximum absolute atomic E-state index is 12.9. The van der Waals surface area contributed by atoms with Gasteiger partial charge in [-0.25, -0.2) is 0 Å². The van der Waals surface area contributed by atoms with Crippen molar-refractivity contribution >= 4 is 24.0 Å². The molecule has 0 aliphatic carbocycles. The number of halogens is 1. The van der Waals surface area contributed by atoms with Gasteiger partial charge in [0.1, 0.15) is 12.4 Å². The summed E-state index contributed by atoms with van der Waals surface area (Å²) in [6, 6.07) is 16.1. The van der Waals surface area contributed by atoms with Gasteiger partial charge in [-0.1, -0.05) is 44.2 Å². The number of nitrogens with zero attached hydrogens (tertiary/aromatic N) is 4. The Bertz CT molecular complexity index is 899. The number of ether oxygens (including phenoxy) is 1. The van der Waals surface area contributed by atoms with Crippen LogP contribution in [0.4, 0.5) is 5.69 Å². The molecule has 2 aromatic carbocycles. The number of aromatic nitrogens is 4. The van der Waals surface area contributed by atoms with E-state index in [1.165, 1.54) is 4.80 Å². The van der Waals surface area contributed by atoms with E-state index in [9.17, 15) is 4.79 Å². The summed E-state index contributed by atoms with van der Waals surface area (Å²) in [5.74, 6) is 0.961. The maximum Gasteiger partial charge on any atom is 0.251 e. The molecule has 3 rings (SSSR count). The zero-order chi connectivity index (χ0) is 19.9. The number of amides is 1. The smallest absolute Gasteiger partial charge is 0.251 e.